The van der Waals surface area contributed by atoms with Gasteiger partial charge in [0.05, 0.1) is 19.3 Å². The van der Waals surface area contributed by atoms with Crippen molar-refractivity contribution in [1.82, 2.24) is 10.2 Å². The minimum Gasteiger partial charge on any atom is -0.393 e. The summed E-state index contributed by atoms with van der Waals surface area (Å²) in [5.41, 5.74) is 1.89. The molecule has 0 radical (unpaired) electrons. The summed E-state index contributed by atoms with van der Waals surface area (Å²) in [5.74, 6) is -0.00443. The minimum absolute atomic E-state index is 0.00443. The molecule has 0 spiro atoms. The first kappa shape index (κ1) is 16.4. The van der Waals surface area contributed by atoms with Crippen molar-refractivity contribution in [2.24, 2.45) is 0 Å². The van der Waals surface area contributed by atoms with Crippen LogP contribution in [-0.4, -0.2) is 54.4 Å². The monoisotopic (exact) mass is 318 g/mol. The normalized spacial score (nSPS) is 26.0. The molecule has 1 saturated heterocycles. The van der Waals surface area contributed by atoms with Gasteiger partial charge in [0.1, 0.15) is 0 Å². The van der Waals surface area contributed by atoms with Gasteiger partial charge in [0, 0.05) is 31.2 Å². The Morgan fingerprint density at radius 1 is 1.22 bits per heavy atom. The second-order valence-electron chi connectivity index (χ2n) is 6.57. The summed E-state index contributed by atoms with van der Waals surface area (Å²) in [4.78, 5) is 14.8. The number of carbonyl (C=O) groups excluding carboxylic acids is 1. The summed E-state index contributed by atoms with van der Waals surface area (Å²) in [5, 5.41) is 12.6. The number of benzene rings is 1. The number of aliphatic hydroxyl groups is 1. The fraction of sp³-hybridized carbons (Fsp3) is 0.611. The van der Waals surface area contributed by atoms with Crippen molar-refractivity contribution in [3.05, 3.63) is 35.4 Å². The van der Waals surface area contributed by atoms with Gasteiger partial charge in [-0.15, -0.1) is 0 Å². The van der Waals surface area contributed by atoms with E-state index < -0.39 is 0 Å². The average Bonchev–Trinajstić information content (AvgIpc) is 2.58. The number of carbonyl (C=O) groups is 1. The average molecular weight is 318 g/mol. The summed E-state index contributed by atoms with van der Waals surface area (Å²) in [6, 6.07) is 8.07. The maximum Gasteiger partial charge on any atom is 0.251 e. The molecule has 3 rings (SSSR count). The molecule has 0 bridgehead atoms. The van der Waals surface area contributed by atoms with Crippen molar-refractivity contribution in [2.75, 3.05) is 26.3 Å². The Bertz CT molecular complexity index is 521. The van der Waals surface area contributed by atoms with E-state index in [0.717, 1.165) is 64.1 Å². The van der Waals surface area contributed by atoms with Crippen LogP contribution in [0, 0.1) is 0 Å². The van der Waals surface area contributed by atoms with Crippen LogP contribution in [0.1, 0.15) is 41.6 Å². The number of nitrogens with one attached hydrogen (secondary N) is 1. The Morgan fingerprint density at radius 2 is 1.96 bits per heavy atom. The van der Waals surface area contributed by atoms with Crippen LogP contribution in [0.2, 0.25) is 0 Å². The Morgan fingerprint density at radius 3 is 2.70 bits per heavy atom. The molecule has 2 fully saturated rings. The predicted molar refractivity (Wildman–Crippen MR) is 88.3 cm³/mol. The van der Waals surface area contributed by atoms with Gasteiger partial charge in [-0.05, 0) is 43.4 Å². The van der Waals surface area contributed by atoms with E-state index in [1.54, 1.807) is 0 Å². The van der Waals surface area contributed by atoms with E-state index in [4.69, 9.17) is 4.74 Å². The molecule has 1 amide bonds. The van der Waals surface area contributed by atoms with Crippen LogP contribution in [-0.2, 0) is 11.3 Å². The topological polar surface area (TPSA) is 61.8 Å². The molecule has 0 aromatic heterocycles. The summed E-state index contributed by atoms with van der Waals surface area (Å²) in [6.45, 7) is 4.32. The standard InChI is InChI=1S/C18H26N2O3/c21-17-6-4-16(5-7-17)19-18(22)15-3-1-2-14(12-15)13-20-8-10-23-11-9-20/h1-3,12,16-17,21H,4-11,13H2,(H,19,22). The van der Waals surface area contributed by atoms with Gasteiger partial charge in [-0.3, -0.25) is 9.69 Å². The van der Waals surface area contributed by atoms with Crippen molar-refractivity contribution < 1.29 is 14.6 Å². The van der Waals surface area contributed by atoms with E-state index in [2.05, 4.69) is 16.3 Å². The van der Waals surface area contributed by atoms with Crippen LogP contribution in [0.5, 0.6) is 0 Å². The number of amides is 1. The third-order valence-electron chi connectivity index (χ3n) is 4.73. The fourth-order valence-electron chi connectivity index (χ4n) is 3.32. The van der Waals surface area contributed by atoms with Crippen LogP contribution >= 0.6 is 0 Å². The second-order valence-corrected chi connectivity index (χ2v) is 6.57. The molecule has 0 unspecified atom stereocenters. The predicted octanol–water partition coefficient (Wildman–Crippen LogP) is 1.55. The first-order valence-corrected chi connectivity index (χ1v) is 8.58. The zero-order valence-corrected chi connectivity index (χ0v) is 13.5. The molecule has 1 aromatic carbocycles. The molecule has 5 nitrogen and oxygen atoms in total. The lowest BCUT2D eigenvalue weighted by Crippen LogP contribution is -2.38. The van der Waals surface area contributed by atoms with Gasteiger partial charge in [0.2, 0.25) is 0 Å². The Kier molecular flexibility index (Phi) is 5.65. The zero-order chi connectivity index (χ0) is 16.1. The van der Waals surface area contributed by atoms with Crippen LogP contribution in [0.4, 0.5) is 0 Å². The molecule has 1 saturated carbocycles. The van der Waals surface area contributed by atoms with Gasteiger partial charge in [0.15, 0.2) is 0 Å². The van der Waals surface area contributed by atoms with Gasteiger partial charge in [-0.1, -0.05) is 12.1 Å². The summed E-state index contributed by atoms with van der Waals surface area (Å²) in [6.07, 6.45) is 3.09. The van der Waals surface area contributed by atoms with E-state index >= 15 is 0 Å². The SMILES string of the molecule is O=C(NC1CCC(O)CC1)c1cccc(CN2CCOCC2)c1. The van der Waals surface area contributed by atoms with Crippen molar-refractivity contribution in [2.45, 2.75) is 44.4 Å². The summed E-state index contributed by atoms with van der Waals surface area (Å²) < 4.78 is 5.37. The van der Waals surface area contributed by atoms with Crippen LogP contribution in [0.25, 0.3) is 0 Å². The van der Waals surface area contributed by atoms with E-state index in [1.165, 1.54) is 5.56 Å². The summed E-state index contributed by atoms with van der Waals surface area (Å²) >= 11 is 0. The minimum atomic E-state index is -0.194. The van der Waals surface area contributed by atoms with Crippen LogP contribution < -0.4 is 5.32 Å². The third kappa shape index (κ3) is 4.77. The largest absolute Gasteiger partial charge is 0.393 e. The number of aliphatic hydroxyl groups excluding tert-OH is 1. The van der Waals surface area contributed by atoms with Gasteiger partial charge in [-0.25, -0.2) is 0 Å². The maximum absolute atomic E-state index is 12.4. The van der Waals surface area contributed by atoms with Crippen molar-refractivity contribution in [1.29, 1.82) is 0 Å². The quantitative estimate of drug-likeness (QED) is 0.884. The molecule has 1 aliphatic heterocycles. The molecule has 1 aliphatic carbocycles. The highest BCUT2D eigenvalue weighted by molar-refractivity contribution is 5.94. The fourth-order valence-corrected chi connectivity index (χ4v) is 3.32. The molecule has 2 aliphatic rings. The second kappa shape index (κ2) is 7.90. The lowest BCUT2D eigenvalue weighted by molar-refractivity contribution is 0.0342. The molecule has 5 heteroatoms. The zero-order valence-electron chi connectivity index (χ0n) is 13.5. The van der Waals surface area contributed by atoms with Gasteiger partial charge in [-0.2, -0.15) is 0 Å². The molecule has 23 heavy (non-hydrogen) atoms. The molecule has 126 valence electrons. The van der Waals surface area contributed by atoms with Gasteiger partial charge < -0.3 is 15.2 Å². The molecular formula is C18H26N2O3. The maximum atomic E-state index is 12.4. The van der Waals surface area contributed by atoms with E-state index in [-0.39, 0.29) is 18.1 Å². The number of morpholine rings is 1. The lowest BCUT2D eigenvalue weighted by atomic mass is 9.93. The van der Waals surface area contributed by atoms with Crippen molar-refractivity contribution in [3.8, 4) is 0 Å². The van der Waals surface area contributed by atoms with E-state index in [9.17, 15) is 9.90 Å². The Balaban J connectivity index is 1.56. The summed E-state index contributed by atoms with van der Waals surface area (Å²) in [7, 11) is 0. The molecule has 1 aromatic rings. The highest BCUT2D eigenvalue weighted by atomic mass is 16.5. The Labute approximate surface area is 137 Å². The lowest BCUT2D eigenvalue weighted by Gasteiger charge is -2.27. The van der Waals surface area contributed by atoms with E-state index in [0.29, 0.717) is 0 Å². The van der Waals surface area contributed by atoms with Crippen LogP contribution in [0.3, 0.4) is 0 Å². The van der Waals surface area contributed by atoms with Crippen LogP contribution in [0.15, 0.2) is 24.3 Å². The van der Waals surface area contributed by atoms with E-state index in [1.807, 2.05) is 18.2 Å². The first-order chi connectivity index (χ1) is 11.2. The smallest absolute Gasteiger partial charge is 0.251 e. The molecular weight excluding hydrogens is 292 g/mol. The third-order valence-corrected chi connectivity index (χ3v) is 4.73. The van der Waals surface area contributed by atoms with Crippen molar-refractivity contribution in [3.63, 3.8) is 0 Å². The highest BCUT2D eigenvalue weighted by Gasteiger charge is 2.21. The Hall–Kier alpha value is -1.43. The highest BCUT2D eigenvalue weighted by Crippen LogP contribution is 2.19. The molecule has 1 heterocycles. The number of hydrogen-bond acceptors (Lipinski definition) is 4. The van der Waals surface area contributed by atoms with Gasteiger partial charge >= 0.3 is 0 Å². The number of rotatable bonds is 4. The molecule has 0 atom stereocenters. The number of nitrogens with zero attached hydrogens (tertiary/aromatic N) is 1. The molecule has 2 N–H and O–H groups in total. The number of hydrogen-bond donors (Lipinski definition) is 2. The van der Waals surface area contributed by atoms with Crippen molar-refractivity contribution >= 4 is 5.91 Å². The number of ether oxygens (including phenoxy) is 1. The van der Waals surface area contributed by atoms with Gasteiger partial charge in [0.25, 0.3) is 5.91 Å². The first-order valence-electron chi connectivity index (χ1n) is 8.58.